The number of ether oxygens (including phenoxy) is 1. The molecule has 0 aliphatic heterocycles. The summed E-state index contributed by atoms with van der Waals surface area (Å²) in [5, 5.41) is 14.4. The third-order valence-corrected chi connectivity index (χ3v) is 8.86. The van der Waals surface area contributed by atoms with E-state index in [0.29, 0.717) is 30.7 Å². The van der Waals surface area contributed by atoms with E-state index in [2.05, 4.69) is 93.0 Å². The molecule has 3 aromatic carbocycles. The summed E-state index contributed by atoms with van der Waals surface area (Å²) >= 11 is 1.56. The maximum atomic E-state index is 12.8. The number of nitrogens with one attached hydrogen (secondary N) is 1. The number of carbonyl (C=O) groups is 2. The summed E-state index contributed by atoms with van der Waals surface area (Å²) in [5.74, 6) is 0.700. The normalized spacial score (nSPS) is 11.4. The van der Waals surface area contributed by atoms with Crippen molar-refractivity contribution >= 4 is 28.9 Å². The minimum Gasteiger partial charge on any atom is -0.489 e. The molecule has 0 spiro atoms. The highest BCUT2D eigenvalue weighted by molar-refractivity contribution is 7.10. The van der Waals surface area contributed by atoms with Crippen molar-refractivity contribution in [2.75, 3.05) is 18.4 Å². The molecule has 1 amide bonds. The van der Waals surface area contributed by atoms with Crippen LogP contribution in [-0.4, -0.2) is 35.0 Å². The zero-order valence-electron chi connectivity index (χ0n) is 26.9. The van der Waals surface area contributed by atoms with Crippen LogP contribution in [0.2, 0.25) is 0 Å². The molecule has 0 saturated heterocycles. The monoisotopic (exact) mass is 626 g/mol. The van der Waals surface area contributed by atoms with Gasteiger partial charge >= 0.3 is 5.97 Å². The number of carboxylic acid groups (broad SMARTS) is 1. The van der Waals surface area contributed by atoms with Gasteiger partial charge in [0.2, 0.25) is 5.91 Å². The maximum Gasteiger partial charge on any atom is 0.317 e. The summed E-state index contributed by atoms with van der Waals surface area (Å²) in [7, 11) is 0. The van der Waals surface area contributed by atoms with Crippen molar-refractivity contribution in [2.24, 2.45) is 0 Å². The van der Waals surface area contributed by atoms with Crippen molar-refractivity contribution in [1.82, 2.24) is 4.90 Å². The lowest BCUT2D eigenvalue weighted by atomic mass is 9.90. The first-order chi connectivity index (χ1) is 21.7. The molecule has 0 fully saturated rings. The number of carbonyl (C=O) groups excluding carboxylic acids is 1. The van der Waals surface area contributed by atoms with Crippen molar-refractivity contribution in [3.63, 3.8) is 0 Å². The molecule has 0 aliphatic rings. The van der Waals surface area contributed by atoms with E-state index < -0.39 is 5.97 Å². The number of hydrogen-bond donors (Lipinski definition) is 2. The van der Waals surface area contributed by atoms with Crippen molar-refractivity contribution in [2.45, 2.75) is 78.4 Å². The molecule has 6 nitrogen and oxygen atoms in total. The number of carboxylic acids is 1. The summed E-state index contributed by atoms with van der Waals surface area (Å²) in [6, 6.07) is 26.7. The average Bonchev–Trinajstić information content (AvgIpc) is 3.48. The fourth-order valence-electron chi connectivity index (χ4n) is 5.52. The second kappa shape index (κ2) is 16.9. The van der Waals surface area contributed by atoms with Crippen LogP contribution in [-0.2, 0) is 22.7 Å². The lowest BCUT2D eigenvalue weighted by Gasteiger charge is -2.19. The minimum absolute atomic E-state index is 0.0129. The van der Waals surface area contributed by atoms with Crippen molar-refractivity contribution in [3.05, 3.63) is 106 Å². The van der Waals surface area contributed by atoms with E-state index in [9.17, 15) is 14.7 Å². The predicted molar refractivity (Wildman–Crippen MR) is 185 cm³/mol. The lowest BCUT2D eigenvalue weighted by Crippen LogP contribution is -2.36. The zero-order chi connectivity index (χ0) is 32.2. The molecule has 0 radical (unpaired) electrons. The van der Waals surface area contributed by atoms with Gasteiger partial charge in [-0.1, -0.05) is 89.1 Å². The van der Waals surface area contributed by atoms with Crippen molar-refractivity contribution < 1.29 is 19.4 Å². The summed E-state index contributed by atoms with van der Waals surface area (Å²) in [5.41, 5.74) is 6.53. The van der Waals surface area contributed by atoms with E-state index in [1.165, 1.54) is 36.8 Å². The molecule has 1 heterocycles. The molecule has 0 unspecified atom stereocenters. The van der Waals surface area contributed by atoms with Crippen molar-refractivity contribution in [1.29, 1.82) is 0 Å². The van der Waals surface area contributed by atoms with E-state index in [-0.39, 0.29) is 19.0 Å². The summed E-state index contributed by atoms with van der Waals surface area (Å²) in [6.45, 7) is 9.37. The summed E-state index contributed by atoms with van der Waals surface area (Å²) in [6.07, 6.45) is 4.83. The number of hydrogen-bond acceptors (Lipinski definition) is 5. The van der Waals surface area contributed by atoms with Gasteiger partial charge in [-0.2, -0.15) is 0 Å². The quantitative estimate of drug-likeness (QED) is 0.122. The first kappa shape index (κ1) is 33.9. The molecule has 0 bridgehead atoms. The Balaban J connectivity index is 1.31. The van der Waals surface area contributed by atoms with Gasteiger partial charge in [-0.25, -0.2) is 0 Å². The Kier molecular flexibility index (Phi) is 12.8. The zero-order valence-corrected chi connectivity index (χ0v) is 27.7. The Morgan fingerprint density at radius 2 is 1.49 bits per heavy atom. The second-order valence-electron chi connectivity index (χ2n) is 12.0. The standard InChI is InChI=1S/C38H46N2O4S/c1-5-7-30(8-6-2)31-15-19-35(20-16-31)44-25-28-9-11-32(12-10-28)33-21-36(45-26-33)22-40(24-38(42)43)23-37(41)39-34-17-13-29(14-18-34)27(3)4/h9-21,26-27,30H,5-8,22-25H2,1-4H3,(H,39,41)(H,42,43). The van der Waals surface area contributed by atoms with Gasteiger partial charge in [-0.05, 0) is 88.2 Å². The molecular formula is C38H46N2O4S. The number of anilines is 1. The molecule has 1 aromatic heterocycles. The molecule has 2 N–H and O–H groups in total. The van der Waals surface area contributed by atoms with Crippen LogP contribution in [0.15, 0.2) is 84.2 Å². The van der Waals surface area contributed by atoms with E-state index in [4.69, 9.17) is 4.74 Å². The molecule has 0 atom stereocenters. The van der Waals surface area contributed by atoms with Gasteiger partial charge in [0.1, 0.15) is 12.4 Å². The largest absolute Gasteiger partial charge is 0.489 e. The van der Waals surface area contributed by atoms with Crippen LogP contribution in [0.5, 0.6) is 5.75 Å². The Hall–Kier alpha value is -3.94. The fourth-order valence-corrected chi connectivity index (χ4v) is 6.45. The number of aliphatic carboxylic acids is 1. The molecule has 4 rings (SSSR count). The second-order valence-corrected chi connectivity index (χ2v) is 13.0. The molecule has 0 aliphatic carbocycles. The van der Waals surface area contributed by atoms with Gasteiger partial charge in [0, 0.05) is 17.1 Å². The SMILES string of the molecule is CCCC(CCC)c1ccc(OCc2ccc(-c3csc(CN(CC(=O)O)CC(=O)Nc4ccc(C(C)C)cc4)c3)cc2)cc1. The number of amides is 1. The molecule has 7 heteroatoms. The van der Waals surface area contributed by atoms with E-state index in [1.807, 2.05) is 24.3 Å². The fraction of sp³-hybridized carbons (Fsp3) is 0.368. The van der Waals surface area contributed by atoms with Crippen LogP contribution in [0.25, 0.3) is 11.1 Å². The first-order valence-corrected chi connectivity index (χ1v) is 16.8. The number of nitrogens with zero attached hydrogens (tertiary/aromatic N) is 1. The summed E-state index contributed by atoms with van der Waals surface area (Å²) in [4.78, 5) is 27.0. The molecule has 45 heavy (non-hydrogen) atoms. The maximum absolute atomic E-state index is 12.8. The van der Waals surface area contributed by atoms with Gasteiger partial charge in [-0.15, -0.1) is 11.3 Å². The molecule has 4 aromatic rings. The third kappa shape index (κ3) is 10.6. The number of rotatable bonds is 17. The Bertz CT molecular complexity index is 1490. The van der Waals surface area contributed by atoms with Crippen LogP contribution in [0.1, 0.15) is 86.8 Å². The average molecular weight is 627 g/mol. The van der Waals surface area contributed by atoms with Crippen LogP contribution < -0.4 is 10.1 Å². The number of thiophene rings is 1. The molecule has 0 saturated carbocycles. The van der Waals surface area contributed by atoms with E-state index in [1.54, 1.807) is 16.2 Å². The van der Waals surface area contributed by atoms with E-state index >= 15 is 0 Å². The van der Waals surface area contributed by atoms with E-state index in [0.717, 1.165) is 27.3 Å². The topological polar surface area (TPSA) is 78.9 Å². The van der Waals surface area contributed by atoms with Crippen LogP contribution in [0.4, 0.5) is 5.69 Å². The van der Waals surface area contributed by atoms with Gasteiger partial charge < -0.3 is 15.2 Å². The Morgan fingerprint density at radius 3 is 2.09 bits per heavy atom. The smallest absolute Gasteiger partial charge is 0.317 e. The Labute approximate surface area is 272 Å². The summed E-state index contributed by atoms with van der Waals surface area (Å²) < 4.78 is 6.07. The van der Waals surface area contributed by atoms with Gasteiger partial charge in [-0.3, -0.25) is 14.5 Å². The van der Waals surface area contributed by atoms with Gasteiger partial charge in [0.25, 0.3) is 0 Å². The first-order valence-electron chi connectivity index (χ1n) is 16.0. The van der Waals surface area contributed by atoms with Crippen LogP contribution >= 0.6 is 11.3 Å². The van der Waals surface area contributed by atoms with Crippen LogP contribution in [0, 0.1) is 0 Å². The highest BCUT2D eigenvalue weighted by Crippen LogP contribution is 2.29. The highest BCUT2D eigenvalue weighted by atomic mass is 32.1. The lowest BCUT2D eigenvalue weighted by molar-refractivity contribution is -0.138. The predicted octanol–water partition coefficient (Wildman–Crippen LogP) is 9.33. The van der Waals surface area contributed by atoms with Gasteiger partial charge in [0.15, 0.2) is 0 Å². The van der Waals surface area contributed by atoms with Crippen molar-refractivity contribution in [3.8, 4) is 16.9 Å². The van der Waals surface area contributed by atoms with Gasteiger partial charge in [0.05, 0.1) is 13.1 Å². The van der Waals surface area contributed by atoms with Crippen LogP contribution in [0.3, 0.4) is 0 Å². The molecule has 238 valence electrons. The Morgan fingerprint density at radius 1 is 0.844 bits per heavy atom. The highest BCUT2D eigenvalue weighted by Gasteiger charge is 2.17. The molecular weight excluding hydrogens is 580 g/mol. The minimum atomic E-state index is -0.966. The number of benzene rings is 3. The third-order valence-electron chi connectivity index (χ3n) is 7.94.